The zero-order valence-electron chi connectivity index (χ0n) is 14.4. The van der Waals surface area contributed by atoms with Crippen LogP contribution in [0.15, 0.2) is 60.7 Å². The smallest absolute Gasteiger partial charge is 0.387 e. The van der Waals surface area contributed by atoms with E-state index in [-0.39, 0.29) is 5.39 Å². The van der Waals surface area contributed by atoms with Crippen molar-refractivity contribution in [3.05, 3.63) is 72.3 Å². The van der Waals surface area contributed by atoms with E-state index in [0.29, 0.717) is 28.9 Å². The van der Waals surface area contributed by atoms with Gasteiger partial charge in [0.05, 0.1) is 0 Å². The predicted molar refractivity (Wildman–Crippen MR) is 96.2 cm³/mol. The first-order chi connectivity index (χ1) is 13.0. The average Bonchev–Trinajstić information content (AvgIpc) is 2.64. The molecule has 0 radical (unpaired) electrons. The minimum atomic E-state index is -3.11. The van der Waals surface area contributed by atoms with E-state index in [0.717, 1.165) is 6.07 Å². The lowest BCUT2D eigenvalue weighted by Crippen LogP contribution is -2.03. The lowest BCUT2D eigenvalue weighted by atomic mass is 10.0. The van der Waals surface area contributed by atoms with E-state index in [9.17, 15) is 17.6 Å². The van der Waals surface area contributed by atoms with Gasteiger partial charge in [0.1, 0.15) is 18.2 Å². The van der Waals surface area contributed by atoms with Crippen LogP contribution in [0.3, 0.4) is 0 Å². The van der Waals surface area contributed by atoms with E-state index in [2.05, 4.69) is 4.74 Å². The third-order valence-corrected chi connectivity index (χ3v) is 3.97. The van der Waals surface area contributed by atoms with Gasteiger partial charge in [-0.05, 0) is 42.1 Å². The number of allylic oxidation sites excluding steroid dienone is 1. The van der Waals surface area contributed by atoms with Crippen molar-refractivity contribution in [1.82, 2.24) is 0 Å². The molecule has 6 heteroatoms. The van der Waals surface area contributed by atoms with E-state index in [1.807, 2.05) is 13.0 Å². The number of hydrogen-bond donors (Lipinski definition) is 0. The van der Waals surface area contributed by atoms with E-state index >= 15 is 0 Å². The Morgan fingerprint density at radius 1 is 1.00 bits per heavy atom. The minimum absolute atomic E-state index is 0.114. The summed E-state index contributed by atoms with van der Waals surface area (Å²) in [4.78, 5) is 0. The Balaban J connectivity index is 1.93. The Morgan fingerprint density at radius 2 is 1.81 bits per heavy atom. The van der Waals surface area contributed by atoms with Gasteiger partial charge in [-0.25, -0.2) is 8.78 Å². The van der Waals surface area contributed by atoms with Crippen molar-refractivity contribution in [3.63, 3.8) is 0 Å². The highest BCUT2D eigenvalue weighted by molar-refractivity contribution is 5.89. The van der Waals surface area contributed by atoms with Crippen LogP contribution in [0.1, 0.15) is 6.92 Å². The number of rotatable bonds is 6. The van der Waals surface area contributed by atoms with Crippen molar-refractivity contribution in [2.24, 2.45) is 0 Å². The molecular weight excluding hydrogens is 360 g/mol. The highest BCUT2D eigenvalue weighted by Gasteiger charge is 2.14. The molecule has 0 aromatic heterocycles. The highest BCUT2D eigenvalue weighted by Crippen LogP contribution is 2.32. The molecule has 0 saturated heterocycles. The van der Waals surface area contributed by atoms with E-state index in [4.69, 9.17) is 4.74 Å². The minimum Gasteiger partial charge on any atom is -0.489 e. The maximum absolute atomic E-state index is 14.5. The fraction of sp³-hybridized carbons (Fsp3) is 0.143. The van der Waals surface area contributed by atoms with Gasteiger partial charge in [-0.15, -0.1) is 0 Å². The van der Waals surface area contributed by atoms with Crippen LogP contribution < -0.4 is 9.47 Å². The number of fused-ring (bicyclic) bond motifs is 1. The Bertz CT molecular complexity index is 983. The lowest BCUT2D eigenvalue weighted by molar-refractivity contribution is -0.0520. The Morgan fingerprint density at radius 3 is 2.52 bits per heavy atom. The molecule has 3 rings (SSSR count). The molecule has 0 aliphatic heterocycles. The second kappa shape index (κ2) is 8.12. The molecule has 0 atom stereocenters. The zero-order valence-corrected chi connectivity index (χ0v) is 14.4. The molecule has 0 amide bonds. The van der Waals surface area contributed by atoms with Crippen LogP contribution in [0.2, 0.25) is 0 Å². The molecule has 0 bridgehead atoms. The maximum Gasteiger partial charge on any atom is 0.387 e. The molecule has 0 saturated carbocycles. The zero-order chi connectivity index (χ0) is 19.4. The summed E-state index contributed by atoms with van der Waals surface area (Å²) in [5, 5.41) is 0.558. The fourth-order valence-electron chi connectivity index (χ4n) is 2.69. The van der Waals surface area contributed by atoms with E-state index < -0.39 is 24.0 Å². The molecule has 2 nitrogen and oxygen atoms in total. The molecule has 0 unspecified atom stereocenters. The molecule has 0 aliphatic carbocycles. The van der Waals surface area contributed by atoms with Crippen LogP contribution in [-0.4, -0.2) is 13.2 Å². The maximum atomic E-state index is 14.5. The summed E-state index contributed by atoms with van der Waals surface area (Å²) in [5.41, 5.74) is 0.852. The molecule has 0 N–H and O–H groups in total. The second-order valence-electron chi connectivity index (χ2n) is 5.71. The van der Waals surface area contributed by atoms with E-state index in [1.165, 1.54) is 24.3 Å². The molecule has 0 aliphatic rings. The molecule has 0 fully saturated rings. The molecule has 0 heterocycles. The first kappa shape index (κ1) is 18.8. The van der Waals surface area contributed by atoms with Crippen LogP contribution >= 0.6 is 0 Å². The molecule has 3 aromatic rings. The second-order valence-corrected chi connectivity index (χ2v) is 5.71. The van der Waals surface area contributed by atoms with Crippen LogP contribution in [0.5, 0.6) is 11.5 Å². The third kappa shape index (κ3) is 4.22. The first-order valence-electron chi connectivity index (χ1n) is 8.20. The van der Waals surface area contributed by atoms with Gasteiger partial charge in [0.15, 0.2) is 11.6 Å². The normalized spacial score (nSPS) is 11.5. The molecule has 27 heavy (non-hydrogen) atoms. The topological polar surface area (TPSA) is 18.5 Å². The summed E-state index contributed by atoms with van der Waals surface area (Å²) in [6, 6.07) is 11.6. The number of hydrogen-bond acceptors (Lipinski definition) is 2. The number of ether oxygens (including phenoxy) is 2. The Labute approximate surface area is 153 Å². The van der Waals surface area contributed by atoms with Crippen molar-refractivity contribution < 1.29 is 27.0 Å². The predicted octanol–water partition coefficient (Wildman–Crippen LogP) is 6.34. The first-order valence-corrected chi connectivity index (χ1v) is 8.20. The van der Waals surface area contributed by atoms with Crippen LogP contribution in [0.25, 0.3) is 21.9 Å². The molecule has 0 spiro atoms. The number of alkyl halides is 2. The highest BCUT2D eigenvalue weighted by atomic mass is 19.3. The third-order valence-electron chi connectivity index (χ3n) is 3.97. The van der Waals surface area contributed by atoms with Gasteiger partial charge in [0.2, 0.25) is 0 Å². The van der Waals surface area contributed by atoms with Gasteiger partial charge in [-0.1, -0.05) is 30.4 Å². The summed E-state index contributed by atoms with van der Waals surface area (Å²) in [6.45, 7) is -0.912. The summed E-state index contributed by atoms with van der Waals surface area (Å²) >= 11 is 0. The SMILES string of the molecule is CC=CCOc1ccc(-c2ccc3c(F)c(OC(F)F)ccc3c2)c(F)c1. The van der Waals surface area contributed by atoms with Crippen molar-refractivity contribution in [2.45, 2.75) is 13.5 Å². The Hall–Kier alpha value is -3.02. The summed E-state index contributed by atoms with van der Waals surface area (Å²) in [5.74, 6) is -1.49. The summed E-state index contributed by atoms with van der Waals surface area (Å²) in [6.07, 6.45) is 3.63. The molecule has 140 valence electrons. The summed E-state index contributed by atoms with van der Waals surface area (Å²) in [7, 11) is 0. The van der Waals surface area contributed by atoms with Gasteiger partial charge in [-0.3, -0.25) is 0 Å². The van der Waals surface area contributed by atoms with Crippen molar-refractivity contribution in [1.29, 1.82) is 0 Å². The van der Waals surface area contributed by atoms with Gasteiger partial charge in [0.25, 0.3) is 0 Å². The average molecular weight is 376 g/mol. The van der Waals surface area contributed by atoms with Gasteiger partial charge in [0, 0.05) is 17.0 Å². The van der Waals surface area contributed by atoms with Gasteiger partial charge < -0.3 is 9.47 Å². The Kier molecular flexibility index (Phi) is 5.64. The lowest BCUT2D eigenvalue weighted by Gasteiger charge is -2.11. The molecule has 3 aromatic carbocycles. The van der Waals surface area contributed by atoms with Crippen LogP contribution in [0, 0.1) is 11.6 Å². The van der Waals surface area contributed by atoms with Gasteiger partial charge in [-0.2, -0.15) is 8.78 Å². The van der Waals surface area contributed by atoms with E-state index in [1.54, 1.807) is 24.3 Å². The van der Waals surface area contributed by atoms with Crippen molar-refractivity contribution in [3.8, 4) is 22.6 Å². The monoisotopic (exact) mass is 376 g/mol. The quantitative estimate of drug-likeness (QED) is 0.369. The van der Waals surface area contributed by atoms with Crippen molar-refractivity contribution in [2.75, 3.05) is 6.61 Å². The van der Waals surface area contributed by atoms with Crippen molar-refractivity contribution >= 4 is 10.8 Å². The number of halogens is 4. The standard InChI is InChI=1S/C21H16F4O2/c1-2-3-10-26-15-6-8-16(18(22)12-15)13-4-7-17-14(11-13)5-9-19(20(17)23)27-21(24)25/h2-9,11-12,21H,10H2,1H3. The van der Waals surface area contributed by atoms with Crippen LogP contribution in [0.4, 0.5) is 17.6 Å². The van der Waals surface area contributed by atoms with Crippen LogP contribution in [-0.2, 0) is 0 Å². The molecular formula is C21H16F4O2. The largest absolute Gasteiger partial charge is 0.489 e. The van der Waals surface area contributed by atoms with Gasteiger partial charge >= 0.3 is 6.61 Å². The fourth-order valence-corrected chi connectivity index (χ4v) is 2.69. The number of benzene rings is 3. The summed E-state index contributed by atoms with van der Waals surface area (Å²) < 4.78 is 62.9.